The molecule has 0 atom stereocenters. The van der Waals surface area contributed by atoms with Crippen molar-refractivity contribution in [3.8, 4) is 0 Å². The number of nitrogens with one attached hydrogen (secondary N) is 1. The Morgan fingerprint density at radius 3 is 3.00 bits per heavy atom. The first-order valence-electron chi connectivity index (χ1n) is 4.55. The molecule has 0 radical (unpaired) electrons. The first kappa shape index (κ1) is 7.50. The van der Waals surface area contributed by atoms with E-state index in [4.69, 9.17) is 0 Å². The fraction of sp³-hybridized carbons (Fsp3) is 0.0909. The molecule has 2 aromatic carbocycles. The van der Waals surface area contributed by atoms with E-state index in [-0.39, 0.29) is 0 Å². The van der Waals surface area contributed by atoms with Gasteiger partial charge in [0, 0.05) is 5.39 Å². The van der Waals surface area contributed by atoms with Gasteiger partial charge in [0.2, 0.25) is 0 Å². The molecular weight excluding hydrogens is 174 g/mol. The third-order valence-electron chi connectivity index (χ3n) is 2.54. The molecule has 0 aliphatic carbocycles. The van der Waals surface area contributed by atoms with Gasteiger partial charge in [-0.2, -0.15) is 0 Å². The van der Waals surface area contributed by atoms with Crippen LogP contribution < -0.4 is 5.43 Å². The Hall–Kier alpha value is -1.90. The van der Waals surface area contributed by atoms with E-state index in [9.17, 15) is 0 Å². The molecule has 0 spiro atoms. The van der Waals surface area contributed by atoms with Crippen molar-refractivity contribution in [1.82, 2.24) is 0 Å². The molecular formula is C11H9N3. The predicted octanol–water partition coefficient (Wildman–Crippen LogP) is 3.57. The summed E-state index contributed by atoms with van der Waals surface area (Å²) in [7, 11) is 0. The van der Waals surface area contributed by atoms with Crippen LogP contribution in [0.2, 0.25) is 0 Å². The molecule has 0 unspecified atom stereocenters. The van der Waals surface area contributed by atoms with Gasteiger partial charge in [-0.05, 0) is 23.9 Å². The zero-order valence-corrected chi connectivity index (χ0v) is 7.78. The molecule has 3 nitrogen and oxygen atoms in total. The lowest BCUT2D eigenvalue weighted by Gasteiger charge is -2.13. The Labute approximate surface area is 81.4 Å². The zero-order valence-electron chi connectivity index (χ0n) is 7.78. The van der Waals surface area contributed by atoms with E-state index in [0.29, 0.717) is 0 Å². The lowest BCUT2D eigenvalue weighted by Crippen LogP contribution is -1.93. The lowest BCUT2D eigenvalue weighted by atomic mass is 10.0. The second-order valence-corrected chi connectivity index (χ2v) is 3.45. The van der Waals surface area contributed by atoms with Gasteiger partial charge in [0.25, 0.3) is 0 Å². The minimum absolute atomic E-state index is 0.983. The van der Waals surface area contributed by atoms with Gasteiger partial charge in [0.15, 0.2) is 0 Å². The Balaban J connectivity index is 2.56. The Kier molecular flexibility index (Phi) is 1.36. The van der Waals surface area contributed by atoms with Crippen LogP contribution in [0.4, 0.5) is 11.4 Å². The van der Waals surface area contributed by atoms with Crippen LogP contribution in [0.1, 0.15) is 5.56 Å². The molecule has 1 aliphatic heterocycles. The molecule has 0 saturated heterocycles. The average molecular weight is 183 g/mol. The summed E-state index contributed by atoms with van der Waals surface area (Å²) in [5, 5.41) is 10.4. The highest BCUT2D eigenvalue weighted by Gasteiger charge is 2.11. The van der Waals surface area contributed by atoms with Crippen molar-refractivity contribution in [2.75, 3.05) is 5.43 Å². The van der Waals surface area contributed by atoms with Crippen LogP contribution in [0.5, 0.6) is 0 Å². The SMILES string of the molecule is Cc1ccc2cccc3c2c1N=NN3. The van der Waals surface area contributed by atoms with Crippen LogP contribution in [0, 0.1) is 6.92 Å². The standard InChI is InChI=1S/C11H9N3/c1-7-5-6-8-3-2-4-9-10(8)11(7)13-14-12-9/h2-6H,1H3,(H,12,13). The maximum Gasteiger partial charge on any atom is 0.100 e. The summed E-state index contributed by atoms with van der Waals surface area (Å²) in [5.74, 6) is 0. The van der Waals surface area contributed by atoms with Crippen LogP contribution in [-0.4, -0.2) is 0 Å². The number of anilines is 1. The van der Waals surface area contributed by atoms with Gasteiger partial charge >= 0.3 is 0 Å². The lowest BCUT2D eigenvalue weighted by molar-refractivity contribution is 1.11. The van der Waals surface area contributed by atoms with Gasteiger partial charge in [-0.1, -0.05) is 29.5 Å². The molecule has 0 aromatic heterocycles. The third kappa shape index (κ3) is 0.865. The fourth-order valence-electron chi connectivity index (χ4n) is 1.82. The molecule has 14 heavy (non-hydrogen) atoms. The van der Waals surface area contributed by atoms with Crippen molar-refractivity contribution < 1.29 is 0 Å². The van der Waals surface area contributed by atoms with E-state index < -0.39 is 0 Å². The molecule has 3 heteroatoms. The van der Waals surface area contributed by atoms with Gasteiger partial charge < -0.3 is 0 Å². The highest BCUT2D eigenvalue weighted by atomic mass is 15.4. The monoisotopic (exact) mass is 183 g/mol. The van der Waals surface area contributed by atoms with Crippen LogP contribution in [0.3, 0.4) is 0 Å². The van der Waals surface area contributed by atoms with Gasteiger partial charge in [-0.3, -0.25) is 5.43 Å². The summed E-state index contributed by atoms with van der Waals surface area (Å²) in [5.41, 5.74) is 6.10. The molecule has 68 valence electrons. The van der Waals surface area contributed by atoms with Crippen molar-refractivity contribution in [3.63, 3.8) is 0 Å². The second-order valence-electron chi connectivity index (χ2n) is 3.45. The van der Waals surface area contributed by atoms with E-state index in [1.165, 1.54) is 10.8 Å². The van der Waals surface area contributed by atoms with Gasteiger partial charge in [0.1, 0.15) is 5.69 Å². The van der Waals surface area contributed by atoms with Crippen molar-refractivity contribution in [1.29, 1.82) is 0 Å². The first-order chi connectivity index (χ1) is 6.86. The molecule has 3 rings (SSSR count). The molecule has 0 fully saturated rings. The fourth-order valence-corrected chi connectivity index (χ4v) is 1.82. The topological polar surface area (TPSA) is 36.8 Å². The second kappa shape index (κ2) is 2.54. The maximum atomic E-state index is 4.12. The highest BCUT2D eigenvalue weighted by molar-refractivity contribution is 6.03. The van der Waals surface area contributed by atoms with Crippen LogP contribution >= 0.6 is 0 Å². The van der Waals surface area contributed by atoms with E-state index in [1.54, 1.807) is 0 Å². The Morgan fingerprint density at radius 1 is 1.14 bits per heavy atom. The van der Waals surface area contributed by atoms with Crippen LogP contribution in [0.15, 0.2) is 40.7 Å². The maximum absolute atomic E-state index is 4.12. The van der Waals surface area contributed by atoms with Gasteiger partial charge in [-0.15, -0.1) is 5.11 Å². The number of rotatable bonds is 0. The number of hydrogen-bond donors (Lipinski definition) is 1. The predicted molar refractivity (Wildman–Crippen MR) is 56.8 cm³/mol. The van der Waals surface area contributed by atoms with Crippen LogP contribution in [0.25, 0.3) is 10.8 Å². The van der Waals surface area contributed by atoms with Crippen molar-refractivity contribution >= 4 is 22.1 Å². The average Bonchev–Trinajstić information content (AvgIpc) is 2.24. The summed E-state index contributed by atoms with van der Waals surface area (Å²) in [4.78, 5) is 0. The normalized spacial score (nSPS) is 12.9. The Bertz CT molecular complexity index is 543. The summed E-state index contributed by atoms with van der Waals surface area (Å²) in [6, 6.07) is 10.3. The van der Waals surface area contributed by atoms with E-state index in [2.05, 4.69) is 40.9 Å². The van der Waals surface area contributed by atoms with Crippen molar-refractivity contribution in [2.45, 2.75) is 6.92 Å². The third-order valence-corrected chi connectivity index (χ3v) is 2.54. The summed E-state index contributed by atoms with van der Waals surface area (Å²) in [6.45, 7) is 2.05. The molecule has 0 amide bonds. The molecule has 1 N–H and O–H groups in total. The van der Waals surface area contributed by atoms with Crippen LogP contribution in [-0.2, 0) is 0 Å². The highest BCUT2D eigenvalue weighted by Crippen LogP contribution is 2.37. The van der Waals surface area contributed by atoms with Gasteiger partial charge in [0.05, 0.1) is 5.69 Å². The minimum Gasteiger partial charge on any atom is -0.259 e. The number of aryl methyl sites for hydroxylation is 1. The smallest absolute Gasteiger partial charge is 0.100 e. The number of hydrogen-bond acceptors (Lipinski definition) is 3. The summed E-state index contributed by atoms with van der Waals surface area (Å²) < 4.78 is 0. The molecule has 0 bridgehead atoms. The van der Waals surface area contributed by atoms with E-state index in [1.807, 2.05) is 12.1 Å². The molecule has 2 aromatic rings. The van der Waals surface area contributed by atoms with E-state index in [0.717, 1.165) is 16.9 Å². The first-order valence-corrected chi connectivity index (χ1v) is 4.55. The van der Waals surface area contributed by atoms with E-state index >= 15 is 0 Å². The largest absolute Gasteiger partial charge is 0.259 e. The number of nitrogens with zero attached hydrogens (tertiary/aromatic N) is 2. The minimum atomic E-state index is 0.983. The quantitative estimate of drug-likeness (QED) is 0.665. The molecule has 1 heterocycles. The summed E-state index contributed by atoms with van der Waals surface area (Å²) in [6.07, 6.45) is 0. The van der Waals surface area contributed by atoms with Crippen molar-refractivity contribution in [2.24, 2.45) is 10.3 Å². The number of benzene rings is 2. The molecule has 0 saturated carbocycles. The molecule has 1 aliphatic rings. The Morgan fingerprint density at radius 2 is 2.07 bits per heavy atom. The zero-order chi connectivity index (χ0) is 9.54. The summed E-state index contributed by atoms with van der Waals surface area (Å²) >= 11 is 0. The van der Waals surface area contributed by atoms with Crippen molar-refractivity contribution in [3.05, 3.63) is 35.9 Å². The van der Waals surface area contributed by atoms with Gasteiger partial charge in [-0.25, -0.2) is 0 Å².